The van der Waals surface area contributed by atoms with Crippen LogP contribution in [-0.2, 0) is 4.79 Å². The number of benzene rings is 1. The third-order valence-corrected chi connectivity index (χ3v) is 3.74. The second-order valence-corrected chi connectivity index (χ2v) is 5.36. The molecule has 108 valence electrons. The molecule has 0 bridgehead atoms. The molecule has 1 aromatic carbocycles. The van der Waals surface area contributed by atoms with Crippen LogP contribution in [0.25, 0.3) is 6.08 Å². The first-order valence-corrected chi connectivity index (χ1v) is 7.47. The summed E-state index contributed by atoms with van der Waals surface area (Å²) in [5.41, 5.74) is 2.69. The van der Waals surface area contributed by atoms with E-state index in [1.807, 2.05) is 0 Å². The molecule has 20 heavy (non-hydrogen) atoms. The Labute approximate surface area is 121 Å². The monoisotopic (exact) mass is 272 g/mol. The van der Waals surface area contributed by atoms with Crippen LogP contribution in [0, 0.1) is 0 Å². The third-order valence-electron chi connectivity index (χ3n) is 3.74. The Morgan fingerprint density at radius 3 is 2.65 bits per heavy atom. The highest BCUT2D eigenvalue weighted by molar-refractivity contribution is 5.72. The number of hydrogen-bond acceptors (Lipinski definition) is 2. The van der Waals surface area contributed by atoms with Gasteiger partial charge in [-0.2, -0.15) is 0 Å². The number of hydrogen-bond donors (Lipinski definition) is 2. The van der Waals surface area contributed by atoms with E-state index in [0.29, 0.717) is 12.5 Å². The van der Waals surface area contributed by atoms with Gasteiger partial charge in [-0.3, -0.25) is 4.79 Å². The molecule has 1 fully saturated rings. The Kier molecular flexibility index (Phi) is 5.81. The van der Waals surface area contributed by atoms with Crippen molar-refractivity contribution in [1.82, 2.24) is 10.6 Å². The molecule has 3 nitrogen and oxygen atoms in total. The van der Waals surface area contributed by atoms with Crippen molar-refractivity contribution < 1.29 is 4.79 Å². The molecule has 1 aliphatic rings. The lowest BCUT2D eigenvalue weighted by Gasteiger charge is -2.22. The van der Waals surface area contributed by atoms with E-state index in [9.17, 15) is 4.79 Å². The molecule has 1 saturated heterocycles. The van der Waals surface area contributed by atoms with Crippen LogP contribution in [0.15, 0.2) is 30.3 Å². The zero-order chi connectivity index (χ0) is 14.2. The van der Waals surface area contributed by atoms with Gasteiger partial charge < -0.3 is 10.6 Å². The molecule has 0 spiro atoms. The lowest BCUT2D eigenvalue weighted by atomic mass is 9.90. The van der Waals surface area contributed by atoms with Gasteiger partial charge in [0.1, 0.15) is 0 Å². The predicted octanol–water partition coefficient (Wildman–Crippen LogP) is 2.69. The van der Waals surface area contributed by atoms with E-state index in [-0.39, 0.29) is 5.91 Å². The van der Waals surface area contributed by atoms with Gasteiger partial charge in [-0.15, -0.1) is 0 Å². The van der Waals surface area contributed by atoms with Crippen molar-refractivity contribution in [2.24, 2.45) is 0 Å². The van der Waals surface area contributed by atoms with Gasteiger partial charge in [0.25, 0.3) is 0 Å². The van der Waals surface area contributed by atoms with E-state index in [4.69, 9.17) is 0 Å². The third kappa shape index (κ3) is 4.82. The smallest absolute Gasteiger partial charge is 0.216 e. The molecule has 1 aliphatic heterocycles. The summed E-state index contributed by atoms with van der Waals surface area (Å²) in [4.78, 5) is 10.7. The van der Waals surface area contributed by atoms with E-state index in [2.05, 4.69) is 47.1 Å². The SMILES string of the molecule is CC(=O)NCCC=Cc1ccc(C2CCNCC2)cc1. The van der Waals surface area contributed by atoms with Crippen molar-refractivity contribution in [3.8, 4) is 0 Å². The molecule has 2 rings (SSSR count). The second kappa shape index (κ2) is 7.85. The lowest BCUT2D eigenvalue weighted by molar-refractivity contribution is -0.118. The van der Waals surface area contributed by atoms with Crippen molar-refractivity contribution in [2.75, 3.05) is 19.6 Å². The first-order chi connectivity index (χ1) is 9.75. The van der Waals surface area contributed by atoms with E-state index in [1.54, 1.807) is 6.92 Å². The maximum atomic E-state index is 10.7. The van der Waals surface area contributed by atoms with E-state index < -0.39 is 0 Å². The minimum atomic E-state index is 0.0322. The molecule has 1 amide bonds. The molecule has 1 heterocycles. The number of carbonyl (C=O) groups is 1. The molecule has 0 radical (unpaired) electrons. The quantitative estimate of drug-likeness (QED) is 0.809. The van der Waals surface area contributed by atoms with Crippen LogP contribution in [0.4, 0.5) is 0 Å². The maximum Gasteiger partial charge on any atom is 0.216 e. The Hall–Kier alpha value is -1.61. The largest absolute Gasteiger partial charge is 0.356 e. The molecular formula is C17H24N2O. The summed E-state index contributed by atoms with van der Waals surface area (Å²) in [6, 6.07) is 8.88. The van der Waals surface area contributed by atoms with E-state index in [0.717, 1.165) is 19.5 Å². The van der Waals surface area contributed by atoms with Crippen LogP contribution < -0.4 is 10.6 Å². The zero-order valence-electron chi connectivity index (χ0n) is 12.2. The number of carbonyl (C=O) groups excluding carboxylic acids is 1. The fourth-order valence-electron chi connectivity index (χ4n) is 2.59. The van der Waals surface area contributed by atoms with Crippen molar-refractivity contribution >= 4 is 12.0 Å². The molecule has 0 unspecified atom stereocenters. The molecule has 0 atom stereocenters. The highest BCUT2D eigenvalue weighted by Gasteiger charge is 2.14. The van der Waals surface area contributed by atoms with Crippen molar-refractivity contribution in [3.05, 3.63) is 41.5 Å². The molecule has 1 aromatic rings. The highest BCUT2D eigenvalue weighted by atomic mass is 16.1. The number of amides is 1. The van der Waals surface area contributed by atoms with Crippen LogP contribution in [0.5, 0.6) is 0 Å². The predicted molar refractivity (Wildman–Crippen MR) is 83.6 cm³/mol. The molecule has 0 saturated carbocycles. The standard InChI is InChI=1S/C17H24N2O/c1-14(20)19-11-3-2-4-15-5-7-16(8-6-15)17-9-12-18-13-10-17/h2,4-8,17-18H,3,9-13H2,1H3,(H,19,20). The van der Waals surface area contributed by atoms with Crippen LogP contribution >= 0.6 is 0 Å². The van der Waals surface area contributed by atoms with Crippen molar-refractivity contribution in [3.63, 3.8) is 0 Å². The zero-order valence-corrected chi connectivity index (χ0v) is 12.2. The Morgan fingerprint density at radius 1 is 1.30 bits per heavy atom. The van der Waals surface area contributed by atoms with Gasteiger partial charge in [0.15, 0.2) is 0 Å². The van der Waals surface area contributed by atoms with Crippen molar-refractivity contribution in [2.45, 2.75) is 32.1 Å². The average Bonchev–Trinajstić information content (AvgIpc) is 2.48. The van der Waals surface area contributed by atoms with Crippen LogP contribution in [0.1, 0.15) is 43.2 Å². The van der Waals surface area contributed by atoms with Gasteiger partial charge >= 0.3 is 0 Å². The number of piperidine rings is 1. The molecule has 3 heteroatoms. The Morgan fingerprint density at radius 2 is 2.00 bits per heavy atom. The molecule has 0 aromatic heterocycles. The van der Waals surface area contributed by atoms with Gasteiger partial charge in [0.05, 0.1) is 0 Å². The van der Waals surface area contributed by atoms with Gasteiger partial charge in [-0.05, 0) is 49.4 Å². The van der Waals surface area contributed by atoms with E-state index >= 15 is 0 Å². The summed E-state index contributed by atoms with van der Waals surface area (Å²) in [5.74, 6) is 0.749. The fourth-order valence-corrected chi connectivity index (χ4v) is 2.59. The highest BCUT2D eigenvalue weighted by Crippen LogP contribution is 2.25. The molecule has 0 aliphatic carbocycles. The Balaban J connectivity index is 1.81. The number of nitrogens with one attached hydrogen (secondary N) is 2. The second-order valence-electron chi connectivity index (χ2n) is 5.36. The van der Waals surface area contributed by atoms with Gasteiger partial charge in [0.2, 0.25) is 5.91 Å². The summed E-state index contributed by atoms with van der Waals surface area (Å²) in [7, 11) is 0. The summed E-state index contributed by atoms with van der Waals surface area (Å²) in [5, 5.41) is 6.19. The van der Waals surface area contributed by atoms with Crippen LogP contribution in [0.3, 0.4) is 0 Å². The normalized spacial score (nSPS) is 16.4. The minimum Gasteiger partial charge on any atom is -0.356 e. The van der Waals surface area contributed by atoms with E-state index in [1.165, 1.54) is 24.0 Å². The van der Waals surface area contributed by atoms with Crippen LogP contribution in [0.2, 0.25) is 0 Å². The van der Waals surface area contributed by atoms with Crippen molar-refractivity contribution in [1.29, 1.82) is 0 Å². The average molecular weight is 272 g/mol. The minimum absolute atomic E-state index is 0.0322. The summed E-state index contributed by atoms with van der Waals surface area (Å²) < 4.78 is 0. The summed E-state index contributed by atoms with van der Waals surface area (Å²) in [6.07, 6.45) is 7.58. The summed E-state index contributed by atoms with van der Waals surface area (Å²) in [6.45, 7) is 4.52. The summed E-state index contributed by atoms with van der Waals surface area (Å²) >= 11 is 0. The maximum absolute atomic E-state index is 10.7. The van der Waals surface area contributed by atoms with Gasteiger partial charge in [0, 0.05) is 13.5 Å². The topological polar surface area (TPSA) is 41.1 Å². The van der Waals surface area contributed by atoms with Crippen LogP contribution in [-0.4, -0.2) is 25.5 Å². The van der Waals surface area contributed by atoms with Gasteiger partial charge in [-0.1, -0.05) is 36.4 Å². The first kappa shape index (κ1) is 14.8. The van der Waals surface area contributed by atoms with Gasteiger partial charge in [-0.25, -0.2) is 0 Å². The molecular weight excluding hydrogens is 248 g/mol. The fraction of sp³-hybridized carbons (Fsp3) is 0.471. The molecule has 2 N–H and O–H groups in total. The number of rotatable bonds is 5. The first-order valence-electron chi connectivity index (χ1n) is 7.47. The Bertz CT molecular complexity index is 445. The lowest BCUT2D eigenvalue weighted by Crippen LogP contribution is -2.26.